The SMILES string of the molecule is CCC1CCCC(N)(c2nc(C(C)C)cs2)CC1. The molecule has 1 saturated carbocycles. The van der Waals surface area contributed by atoms with Crippen LogP contribution in [0.15, 0.2) is 5.38 Å². The van der Waals surface area contributed by atoms with Crippen LogP contribution in [0.1, 0.15) is 75.9 Å². The quantitative estimate of drug-likeness (QED) is 0.823. The molecule has 1 aromatic rings. The number of rotatable bonds is 3. The van der Waals surface area contributed by atoms with Gasteiger partial charge in [0.15, 0.2) is 0 Å². The van der Waals surface area contributed by atoms with Gasteiger partial charge in [0, 0.05) is 5.38 Å². The van der Waals surface area contributed by atoms with Crippen molar-refractivity contribution in [3.05, 3.63) is 16.1 Å². The summed E-state index contributed by atoms with van der Waals surface area (Å²) in [6.07, 6.45) is 7.38. The molecule has 0 aromatic carbocycles. The van der Waals surface area contributed by atoms with E-state index in [1.165, 1.54) is 36.4 Å². The highest BCUT2D eigenvalue weighted by Gasteiger charge is 2.33. The zero-order valence-electron chi connectivity index (χ0n) is 11.9. The molecule has 1 aromatic heterocycles. The van der Waals surface area contributed by atoms with Gasteiger partial charge in [-0.05, 0) is 31.1 Å². The van der Waals surface area contributed by atoms with E-state index in [2.05, 4.69) is 26.2 Å². The monoisotopic (exact) mass is 266 g/mol. The lowest BCUT2D eigenvalue weighted by atomic mass is 9.91. The van der Waals surface area contributed by atoms with Crippen LogP contribution in [-0.4, -0.2) is 4.98 Å². The third-order valence-electron chi connectivity index (χ3n) is 4.35. The second-order valence-corrected chi connectivity index (χ2v) is 6.95. The molecule has 0 saturated heterocycles. The summed E-state index contributed by atoms with van der Waals surface area (Å²) in [4.78, 5) is 4.79. The lowest BCUT2D eigenvalue weighted by Gasteiger charge is -2.25. The molecule has 1 heterocycles. The van der Waals surface area contributed by atoms with Crippen molar-refractivity contribution >= 4 is 11.3 Å². The maximum Gasteiger partial charge on any atom is 0.113 e. The highest BCUT2D eigenvalue weighted by molar-refractivity contribution is 7.09. The van der Waals surface area contributed by atoms with Crippen LogP contribution in [0.2, 0.25) is 0 Å². The lowest BCUT2D eigenvalue weighted by Crippen LogP contribution is -2.36. The molecule has 1 fully saturated rings. The molecule has 0 aliphatic heterocycles. The van der Waals surface area contributed by atoms with Crippen LogP contribution in [0, 0.1) is 5.92 Å². The Bertz CT molecular complexity index is 386. The second-order valence-electron chi connectivity index (χ2n) is 6.09. The van der Waals surface area contributed by atoms with E-state index in [1.807, 2.05) is 0 Å². The first-order chi connectivity index (χ1) is 8.55. The van der Waals surface area contributed by atoms with E-state index in [0.717, 1.165) is 18.8 Å². The molecule has 2 unspecified atom stereocenters. The largest absolute Gasteiger partial charge is 0.319 e. The van der Waals surface area contributed by atoms with Crippen LogP contribution in [0.4, 0.5) is 0 Å². The van der Waals surface area contributed by atoms with E-state index < -0.39 is 0 Å². The molecule has 18 heavy (non-hydrogen) atoms. The zero-order valence-corrected chi connectivity index (χ0v) is 12.7. The Labute approximate surface area is 115 Å². The first-order valence-electron chi connectivity index (χ1n) is 7.30. The van der Waals surface area contributed by atoms with Crippen molar-refractivity contribution in [3.63, 3.8) is 0 Å². The second kappa shape index (κ2) is 5.70. The van der Waals surface area contributed by atoms with Gasteiger partial charge in [-0.2, -0.15) is 0 Å². The zero-order chi connectivity index (χ0) is 13.2. The van der Waals surface area contributed by atoms with Gasteiger partial charge < -0.3 is 5.73 Å². The Balaban J connectivity index is 2.14. The number of hydrogen-bond acceptors (Lipinski definition) is 3. The fourth-order valence-corrected chi connectivity index (χ4v) is 3.99. The number of aromatic nitrogens is 1. The highest BCUT2D eigenvalue weighted by Crippen LogP contribution is 2.38. The molecular weight excluding hydrogens is 240 g/mol. The van der Waals surface area contributed by atoms with Gasteiger partial charge in [0.25, 0.3) is 0 Å². The summed E-state index contributed by atoms with van der Waals surface area (Å²) in [6.45, 7) is 6.69. The number of hydrogen-bond donors (Lipinski definition) is 1. The minimum absolute atomic E-state index is 0.151. The molecule has 1 aliphatic rings. The Morgan fingerprint density at radius 3 is 2.83 bits per heavy atom. The molecule has 102 valence electrons. The molecule has 3 heteroatoms. The van der Waals surface area contributed by atoms with Crippen LogP contribution in [0.25, 0.3) is 0 Å². The third kappa shape index (κ3) is 2.94. The van der Waals surface area contributed by atoms with Crippen molar-refractivity contribution in [2.45, 2.75) is 70.8 Å². The normalized spacial score (nSPS) is 29.5. The van der Waals surface area contributed by atoms with E-state index in [1.54, 1.807) is 11.3 Å². The Kier molecular flexibility index (Phi) is 4.44. The van der Waals surface area contributed by atoms with E-state index in [9.17, 15) is 0 Å². The summed E-state index contributed by atoms with van der Waals surface area (Å²) >= 11 is 1.77. The molecule has 2 N–H and O–H groups in total. The molecule has 0 bridgehead atoms. The maximum absolute atomic E-state index is 6.66. The first-order valence-corrected chi connectivity index (χ1v) is 8.18. The predicted octanol–water partition coefficient (Wildman–Crippen LogP) is 4.41. The summed E-state index contributed by atoms with van der Waals surface area (Å²) < 4.78 is 0. The lowest BCUT2D eigenvalue weighted by molar-refractivity contribution is 0.369. The molecule has 0 spiro atoms. The summed E-state index contributed by atoms with van der Waals surface area (Å²) in [5, 5.41) is 3.36. The smallest absolute Gasteiger partial charge is 0.113 e. The molecule has 2 atom stereocenters. The molecule has 2 rings (SSSR count). The molecular formula is C15H26N2S. The Hall–Kier alpha value is -0.410. The van der Waals surface area contributed by atoms with Crippen molar-refractivity contribution in [2.24, 2.45) is 11.7 Å². The number of nitrogens with zero attached hydrogens (tertiary/aromatic N) is 1. The first kappa shape index (κ1) is 14.0. The van der Waals surface area contributed by atoms with Crippen LogP contribution >= 0.6 is 11.3 Å². The van der Waals surface area contributed by atoms with E-state index in [4.69, 9.17) is 10.7 Å². The summed E-state index contributed by atoms with van der Waals surface area (Å²) in [6, 6.07) is 0. The van der Waals surface area contributed by atoms with Crippen molar-refractivity contribution in [1.82, 2.24) is 4.98 Å². The number of thiazole rings is 1. The van der Waals surface area contributed by atoms with Gasteiger partial charge >= 0.3 is 0 Å². The Morgan fingerprint density at radius 2 is 2.22 bits per heavy atom. The van der Waals surface area contributed by atoms with Crippen LogP contribution in [0.3, 0.4) is 0 Å². The summed E-state index contributed by atoms with van der Waals surface area (Å²) in [5.74, 6) is 1.38. The molecule has 0 radical (unpaired) electrons. The van der Waals surface area contributed by atoms with Crippen LogP contribution < -0.4 is 5.73 Å². The average molecular weight is 266 g/mol. The van der Waals surface area contributed by atoms with E-state index in [0.29, 0.717) is 5.92 Å². The average Bonchev–Trinajstić information content (AvgIpc) is 2.76. The summed E-state index contributed by atoms with van der Waals surface area (Å²) in [7, 11) is 0. The van der Waals surface area contributed by atoms with Crippen molar-refractivity contribution in [3.8, 4) is 0 Å². The molecule has 2 nitrogen and oxygen atoms in total. The standard InChI is InChI=1S/C15H26N2S/c1-4-12-6-5-8-15(16,9-7-12)14-17-13(10-18-14)11(2)3/h10-12H,4-9,16H2,1-3H3. The van der Waals surface area contributed by atoms with Crippen LogP contribution in [-0.2, 0) is 5.54 Å². The number of nitrogens with two attached hydrogens (primary N) is 1. The summed E-state index contributed by atoms with van der Waals surface area (Å²) in [5.41, 5.74) is 7.71. The van der Waals surface area contributed by atoms with Crippen molar-refractivity contribution < 1.29 is 0 Å². The fraction of sp³-hybridized carbons (Fsp3) is 0.800. The van der Waals surface area contributed by atoms with Gasteiger partial charge in [0.1, 0.15) is 5.01 Å². The fourth-order valence-electron chi connectivity index (χ4n) is 2.84. The van der Waals surface area contributed by atoms with Gasteiger partial charge in [-0.3, -0.25) is 0 Å². The minimum atomic E-state index is -0.151. The predicted molar refractivity (Wildman–Crippen MR) is 78.9 cm³/mol. The van der Waals surface area contributed by atoms with Gasteiger partial charge in [0.2, 0.25) is 0 Å². The third-order valence-corrected chi connectivity index (χ3v) is 5.43. The van der Waals surface area contributed by atoms with Gasteiger partial charge in [-0.15, -0.1) is 11.3 Å². The molecule has 1 aliphatic carbocycles. The minimum Gasteiger partial charge on any atom is -0.319 e. The molecule has 0 amide bonds. The highest BCUT2D eigenvalue weighted by atomic mass is 32.1. The topological polar surface area (TPSA) is 38.9 Å². The van der Waals surface area contributed by atoms with E-state index in [-0.39, 0.29) is 5.54 Å². The van der Waals surface area contributed by atoms with Crippen LogP contribution in [0.5, 0.6) is 0 Å². The van der Waals surface area contributed by atoms with Gasteiger partial charge in [-0.1, -0.05) is 40.0 Å². The van der Waals surface area contributed by atoms with E-state index >= 15 is 0 Å². The Morgan fingerprint density at radius 1 is 1.44 bits per heavy atom. The maximum atomic E-state index is 6.66. The van der Waals surface area contributed by atoms with Crippen molar-refractivity contribution in [2.75, 3.05) is 0 Å². The van der Waals surface area contributed by atoms with Gasteiger partial charge in [-0.25, -0.2) is 4.98 Å². The van der Waals surface area contributed by atoms with Gasteiger partial charge in [0.05, 0.1) is 11.2 Å². The van der Waals surface area contributed by atoms with Crippen molar-refractivity contribution in [1.29, 1.82) is 0 Å².